The second-order valence-electron chi connectivity index (χ2n) is 7.13. The molecule has 3 rings (SSSR count). The number of ether oxygens (including phenoxy) is 1. The van der Waals surface area contributed by atoms with E-state index in [2.05, 4.69) is 43.1 Å². The van der Waals surface area contributed by atoms with Crippen LogP contribution in [0.3, 0.4) is 0 Å². The average molecular weight is 352 g/mol. The zero-order valence-electron chi connectivity index (χ0n) is 15.9. The number of carbonyl (C=O) groups is 1. The van der Waals surface area contributed by atoms with Gasteiger partial charge in [0.2, 0.25) is 5.91 Å². The molecule has 4 heteroatoms. The van der Waals surface area contributed by atoms with Crippen LogP contribution in [0.2, 0.25) is 0 Å². The number of nitrogens with zero attached hydrogens (tertiary/aromatic N) is 2. The lowest BCUT2D eigenvalue weighted by Gasteiger charge is -2.40. The summed E-state index contributed by atoms with van der Waals surface area (Å²) in [7, 11) is 3.81. The van der Waals surface area contributed by atoms with Crippen LogP contribution in [0.25, 0.3) is 0 Å². The molecule has 0 saturated carbocycles. The van der Waals surface area contributed by atoms with Crippen LogP contribution in [-0.2, 0) is 4.79 Å². The number of benzene rings is 2. The number of carbonyl (C=O) groups excluding carboxylic acids is 1. The van der Waals surface area contributed by atoms with Gasteiger partial charge in [0.1, 0.15) is 5.75 Å². The van der Waals surface area contributed by atoms with E-state index < -0.39 is 0 Å². The van der Waals surface area contributed by atoms with E-state index in [0.29, 0.717) is 6.42 Å². The zero-order valence-corrected chi connectivity index (χ0v) is 15.9. The van der Waals surface area contributed by atoms with E-state index in [1.54, 1.807) is 7.11 Å². The third-order valence-corrected chi connectivity index (χ3v) is 5.33. The Bertz CT molecular complexity index is 732. The smallest absolute Gasteiger partial charge is 0.223 e. The van der Waals surface area contributed by atoms with Crippen molar-refractivity contribution >= 4 is 5.91 Å². The second-order valence-corrected chi connectivity index (χ2v) is 7.13. The summed E-state index contributed by atoms with van der Waals surface area (Å²) in [5, 5.41) is 0. The Kier molecular flexibility index (Phi) is 5.94. The van der Waals surface area contributed by atoms with Gasteiger partial charge >= 0.3 is 0 Å². The Hall–Kier alpha value is -2.33. The molecule has 0 aliphatic carbocycles. The van der Waals surface area contributed by atoms with Gasteiger partial charge in [-0.3, -0.25) is 9.69 Å². The Morgan fingerprint density at radius 1 is 1.15 bits per heavy atom. The van der Waals surface area contributed by atoms with Gasteiger partial charge in [-0.1, -0.05) is 49.4 Å². The maximum atomic E-state index is 12.9. The molecule has 2 atom stereocenters. The molecule has 2 aromatic rings. The van der Waals surface area contributed by atoms with Crippen molar-refractivity contribution in [1.82, 2.24) is 9.80 Å². The lowest BCUT2D eigenvalue weighted by atomic mass is 9.96. The van der Waals surface area contributed by atoms with Crippen LogP contribution in [0.15, 0.2) is 54.6 Å². The molecule has 1 saturated heterocycles. The highest BCUT2D eigenvalue weighted by Crippen LogP contribution is 2.28. The number of hydrogen-bond donors (Lipinski definition) is 0. The van der Waals surface area contributed by atoms with Crippen LogP contribution in [0.5, 0.6) is 5.75 Å². The molecular weight excluding hydrogens is 324 g/mol. The van der Waals surface area contributed by atoms with E-state index in [1.165, 1.54) is 11.1 Å². The lowest BCUT2D eigenvalue weighted by molar-refractivity contribution is -0.134. The molecule has 138 valence electrons. The highest BCUT2D eigenvalue weighted by molar-refractivity contribution is 5.77. The normalized spacial score (nSPS) is 19.2. The van der Waals surface area contributed by atoms with Gasteiger partial charge in [0.25, 0.3) is 0 Å². The molecular formula is C22H28N2O2. The second kappa shape index (κ2) is 8.37. The van der Waals surface area contributed by atoms with Crippen molar-refractivity contribution in [3.8, 4) is 5.75 Å². The van der Waals surface area contributed by atoms with Crippen molar-refractivity contribution in [2.75, 3.05) is 33.8 Å². The van der Waals surface area contributed by atoms with Gasteiger partial charge in [0, 0.05) is 26.1 Å². The van der Waals surface area contributed by atoms with Gasteiger partial charge in [0.15, 0.2) is 0 Å². The van der Waals surface area contributed by atoms with E-state index >= 15 is 0 Å². The first-order valence-corrected chi connectivity index (χ1v) is 9.25. The minimum atomic E-state index is 0.204. The van der Waals surface area contributed by atoms with Crippen LogP contribution in [0.4, 0.5) is 0 Å². The van der Waals surface area contributed by atoms with Gasteiger partial charge in [-0.05, 0) is 36.2 Å². The first kappa shape index (κ1) is 18.5. The standard InChI is InChI=1S/C22H28N2O2/c1-17(18-8-5-4-6-9-18)14-22(25)24-13-12-23(2)21(16-24)19-10-7-11-20(15-19)26-3/h4-11,15,17,21H,12-14,16H2,1-3H3. The summed E-state index contributed by atoms with van der Waals surface area (Å²) in [5.41, 5.74) is 2.42. The average Bonchev–Trinajstić information content (AvgIpc) is 2.69. The number of likely N-dealkylation sites (N-methyl/N-ethyl adjacent to an activating group) is 1. The van der Waals surface area contributed by atoms with Crippen molar-refractivity contribution < 1.29 is 9.53 Å². The van der Waals surface area contributed by atoms with Crippen LogP contribution < -0.4 is 4.74 Å². The minimum Gasteiger partial charge on any atom is -0.497 e. The molecule has 2 unspecified atom stereocenters. The Balaban J connectivity index is 1.68. The number of amides is 1. The molecule has 2 aromatic carbocycles. The zero-order chi connectivity index (χ0) is 18.5. The Morgan fingerprint density at radius 2 is 1.92 bits per heavy atom. The van der Waals surface area contributed by atoms with Crippen molar-refractivity contribution in [3.05, 3.63) is 65.7 Å². The molecule has 1 amide bonds. The Morgan fingerprint density at radius 3 is 2.65 bits per heavy atom. The fraction of sp³-hybridized carbons (Fsp3) is 0.409. The summed E-state index contributed by atoms with van der Waals surface area (Å²) in [6.45, 7) is 4.53. The first-order valence-electron chi connectivity index (χ1n) is 9.25. The first-order chi connectivity index (χ1) is 12.6. The largest absolute Gasteiger partial charge is 0.497 e. The van der Waals surface area contributed by atoms with E-state index in [-0.39, 0.29) is 17.9 Å². The number of methoxy groups -OCH3 is 1. The molecule has 1 fully saturated rings. The summed E-state index contributed by atoms with van der Waals surface area (Å²) < 4.78 is 5.36. The quantitative estimate of drug-likeness (QED) is 0.822. The van der Waals surface area contributed by atoms with E-state index in [1.807, 2.05) is 35.2 Å². The molecule has 0 bridgehead atoms. The monoisotopic (exact) mass is 352 g/mol. The van der Waals surface area contributed by atoms with Gasteiger partial charge in [-0.15, -0.1) is 0 Å². The highest BCUT2D eigenvalue weighted by Gasteiger charge is 2.29. The molecule has 4 nitrogen and oxygen atoms in total. The summed E-state index contributed by atoms with van der Waals surface area (Å²) in [6, 6.07) is 18.6. The molecule has 0 aromatic heterocycles. The number of hydrogen-bond acceptors (Lipinski definition) is 3. The summed E-state index contributed by atoms with van der Waals surface area (Å²) in [6.07, 6.45) is 0.554. The minimum absolute atomic E-state index is 0.204. The van der Waals surface area contributed by atoms with Gasteiger partial charge in [-0.2, -0.15) is 0 Å². The predicted molar refractivity (Wildman–Crippen MR) is 104 cm³/mol. The maximum absolute atomic E-state index is 12.9. The highest BCUT2D eigenvalue weighted by atomic mass is 16.5. The van der Waals surface area contributed by atoms with Crippen molar-refractivity contribution in [2.24, 2.45) is 0 Å². The fourth-order valence-corrected chi connectivity index (χ4v) is 3.60. The van der Waals surface area contributed by atoms with Gasteiger partial charge in [-0.25, -0.2) is 0 Å². The lowest BCUT2D eigenvalue weighted by Crippen LogP contribution is -2.49. The molecule has 26 heavy (non-hydrogen) atoms. The summed E-state index contributed by atoms with van der Waals surface area (Å²) in [4.78, 5) is 17.2. The maximum Gasteiger partial charge on any atom is 0.223 e. The molecule has 0 N–H and O–H groups in total. The summed E-state index contributed by atoms with van der Waals surface area (Å²) >= 11 is 0. The van der Waals surface area contributed by atoms with Crippen LogP contribution in [0.1, 0.15) is 36.4 Å². The van der Waals surface area contributed by atoms with E-state index in [9.17, 15) is 4.79 Å². The van der Waals surface area contributed by atoms with Gasteiger partial charge < -0.3 is 9.64 Å². The molecule has 1 heterocycles. The molecule has 1 aliphatic heterocycles. The number of piperazine rings is 1. The fourth-order valence-electron chi connectivity index (χ4n) is 3.60. The topological polar surface area (TPSA) is 32.8 Å². The number of rotatable bonds is 5. The molecule has 1 aliphatic rings. The van der Waals surface area contributed by atoms with Gasteiger partial charge in [0.05, 0.1) is 13.2 Å². The van der Waals surface area contributed by atoms with Crippen molar-refractivity contribution in [2.45, 2.75) is 25.3 Å². The van der Waals surface area contributed by atoms with E-state index in [4.69, 9.17) is 4.74 Å². The predicted octanol–water partition coefficient (Wildman–Crippen LogP) is 3.70. The van der Waals surface area contributed by atoms with E-state index in [0.717, 1.165) is 25.4 Å². The van der Waals surface area contributed by atoms with Crippen molar-refractivity contribution in [1.29, 1.82) is 0 Å². The Labute approximate surface area is 156 Å². The third kappa shape index (κ3) is 4.25. The third-order valence-electron chi connectivity index (χ3n) is 5.33. The van der Waals surface area contributed by atoms with Crippen molar-refractivity contribution in [3.63, 3.8) is 0 Å². The van der Waals surface area contributed by atoms with Crippen LogP contribution >= 0.6 is 0 Å². The molecule has 0 radical (unpaired) electrons. The SMILES string of the molecule is COc1cccc(C2CN(C(=O)CC(C)c3ccccc3)CCN2C)c1. The summed E-state index contributed by atoms with van der Waals surface area (Å²) in [5.74, 6) is 1.33. The van der Waals surface area contributed by atoms with Crippen LogP contribution in [-0.4, -0.2) is 49.5 Å². The molecule has 0 spiro atoms. The van der Waals surface area contributed by atoms with Crippen LogP contribution in [0, 0.1) is 0 Å².